The SMILES string of the molecule is Cc1cc(C)cc(N(C)S(=O)(=O)c2ccc(Br)c(F)c2)c1. The predicted octanol–water partition coefficient (Wildman–Crippen LogP) is 4.03. The first-order chi connectivity index (χ1) is 9.71. The lowest BCUT2D eigenvalue weighted by Gasteiger charge is -2.20. The molecule has 2 aromatic rings. The van der Waals surface area contributed by atoms with Crippen LogP contribution in [0.2, 0.25) is 0 Å². The third-order valence-electron chi connectivity index (χ3n) is 3.12. The average molecular weight is 372 g/mol. The van der Waals surface area contributed by atoms with Crippen LogP contribution in [0.15, 0.2) is 45.8 Å². The third kappa shape index (κ3) is 3.27. The number of halogens is 2. The molecule has 0 unspecified atom stereocenters. The summed E-state index contributed by atoms with van der Waals surface area (Å²) in [6.07, 6.45) is 0. The van der Waals surface area contributed by atoms with Crippen LogP contribution in [0.1, 0.15) is 11.1 Å². The number of hydrogen-bond acceptors (Lipinski definition) is 2. The molecule has 2 aromatic carbocycles. The van der Waals surface area contributed by atoms with E-state index in [-0.39, 0.29) is 9.37 Å². The predicted molar refractivity (Wildman–Crippen MR) is 85.6 cm³/mol. The second-order valence-corrected chi connectivity index (χ2v) is 7.72. The molecular formula is C15H15BrFNO2S. The van der Waals surface area contributed by atoms with Crippen LogP contribution in [0.5, 0.6) is 0 Å². The molecule has 0 radical (unpaired) electrons. The summed E-state index contributed by atoms with van der Waals surface area (Å²) in [6.45, 7) is 3.80. The van der Waals surface area contributed by atoms with Crippen molar-refractivity contribution in [2.45, 2.75) is 18.7 Å². The van der Waals surface area contributed by atoms with Gasteiger partial charge in [-0.15, -0.1) is 0 Å². The summed E-state index contributed by atoms with van der Waals surface area (Å²) >= 11 is 3.01. The summed E-state index contributed by atoms with van der Waals surface area (Å²) in [4.78, 5) is -0.0788. The molecule has 112 valence electrons. The lowest BCUT2D eigenvalue weighted by molar-refractivity contribution is 0.588. The second kappa shape index (κ2) is 5.77. The van der Waals surface area contributed by atoms with Gasteiger partial charge in [0.1, 0.15) is 5.82 Å². The van der Waals surface area contributed by atoms with Gasteiger partial charge in [-0.1, -0.05) is 6.07 Å². The van der Waals surface area contributed by atoms with Gasteiger partial charge in [-0.3, -0.25) is 4.31 Å². The van der Waals surface area contributed by atoms with Crippen LogP contribution in [0.25, 0.3) is 0 Å². The fourth-order valence-corrected chi connectivity index (χ4v) is 3.50. The highest BCUT2D eigenvalue weighted by Gasteiger charge is 2.22. The summed E-state index contributed by atoms with van der Waals surface area (Å²) < 4.78 is 40.1. The van der Waals surface area contributed by atoms with Gasteiger partial charge in [0.15, 0.2) is 0 Å². The maximum atomic E-state index is 13.6. The highest BCUT2D eigenvalue weighted by atomic mass is 79.9. The van der Waals surface area contributed by atoms with E-state index in [1.807, 2.05) is 19.9 Å². The molecule has 0 fully saturated rings. The Morgan fingerprint density at radius 1 is 1.05 bits per heavy atom. The van der Waals surface area contributed by atoms with Gasteiger partial charge in [0.2, 0.25) is 0 Å². The van der Waals surface area contributed by atoms with Crippen molar-refractivity contribution in [1.29, 1.82) is 0 Å². The maximum absolute atomic E-state index is 13.6. The number of rotatable bonds is 3. The molecule has 0 atom stereocenters. The van der Waals surface area contributed by atoms with Crippen molar-refractivity contribution in [1.82, 2.24) is 0 Å². The molecule has 0 aliphatic carbocycles. The minimum atomic E-state index is -3.79. The number of aryl methyl sites for hydroxylation is 2. The summed E-state index contributed by atoms with van der Waals surface area (Å²) in [7, 11) is -2.33. The molecule has 0 bridgehead atoms. The van der Waals surface area contributed by atoms with Gasteiger partial charge in [0.05, 0.1) is 15.1 Å². The van der Waals surface area contributed by atoms with Crippen LogP contribution in [0, 0.1) is 19.7 Å². The van der Waals surface area contributed by atoms with Gasteiger partial charge in [-0.25, -0.2) is 12.8 Å². The maximum Gasteiger partial charge on any atom is 0.264 e. The number of anilines is 1. The largest absolute Gasteiger partial charge is 0.269 e. The molecule has 0 aliphatic rings. The summed E-state index contributed by atoms with van der Waals surface area (Å²) in [6, 6.07) is 9.29. The highest BCUT2D eigenvalue weighted by molar-refractivity contribution is 9.10. The fourth-order valence-electron chi connectivity index (χ4n) is 2.07. The molecule has 0 amide bonds. The van der Waals surface area contributed by atoms with Gasteiger partial charge >= 0.3 is 0 Å². The first-order valence-electron chi connectivity index (χ1n) is 6.24. The molecule has 0 spiro atoms. The van der Waals surface area contributed by atoms with Gasteiger partial charge in [0.25, 0.3) is 10.0 Å². The Kier molecular flexibility index (Phi) is 4.39. The Hall–Kier alpha value is -1.40. The van der Waals surface area contributed by atoms with E-state index >= 15 is 0 Å². The highest BCUT2D eigenvalue weighted by Crippen LogP contribution is 2.26. The van der Waals surface area contributed by atoms with Crippen LogP contribution in [-0.2, 0) is 10.0 Å². The van der Waals surface area contributed by atoms with E-state index in [0.29, 0.717) is 5.69 Å². The van der Waals surface area contributed by atoms with Crippen LogP contribution in [0.4, 0.5) is 10.1 Å². The van der Waals surface area contributed by atoms with Crippen molar-refractivity contribution in [3.63, 3.8) is 0 Å². The molecule has 0 aliphatic heterocycles. The fraction of sp³-hybridized carbons (Fsp3) is 0.200. The van der Waals surface area contributed by atoms with E-state index in [1.54, 1.807) is 12.1 Å². The lowest BCUT2D eigenvalue weighted by atomic mass is 10.1. The number of hydrogen-bond donors (Lipinski definition) is 0. The van der Waals surface area contributed by atoms with Gasteiger partial charge in [-0.05, 0) is 71.2 Å². The van der Waals surface area contributed by atoms with E-state index in [0.717, 1.165) is 21.5 Å². The average Bonchev–Trinajstić information content (AvgIpc) is 2.39. The van der Waals surface area contributed by atoms with Crippen molar-refractivity contribution >= 4 is 31.6 Å². The van der Waals surface area contributed by atoms with E-state index in [1.165, 1.54) is 19.2 Å². The van der Waals surface area contributed by atoms with Gasteiger partial charge < -0.3 is 0 Å². The van der Waals surface area contributed by atoms with Crippen molar-refractivity contribution in [3.05, 3.63) is 57.8 Å². The minimum absolute atomic E-state index is 0.0788. The Balaban J connectivity index is 2.49. The first-order valence-corrected chi connectivity index (χ1v) is 8.47. The van der Waals surface area contributed by atoms with E-state index in [9.17, 15) is 12.8 Å². The number of nitrogens with zero attached hydrogens (tertiary/aromatic N) is 1. The van der Waals surface area contributed by atoms with Crippen LogP contribution >= 0.6 is 15.9 Å². The summed E-state index contributed by atoms with van der Waals surface area (Å²) in [5.41, 5.74) is 2.49. The Morgan fingerprint density at radius 3 is 2.14 bits per heavy atom. The van der Waals surface area contributed by atoms with Crippen LogP contribution in [-0.4, -0.2) is 15.5 Å². The second-order valence-electron chi connectivity index (χ2n) is 4.89. The standard InChI is InChI=1S/C15H15BrFNO2S/c1-10-6-11(2)8-12(7-10)18(3)21(19,20)13-4-5-14(16)15(17)9-13/h4-9H,1-3H3. The van der Waals surface area contributed by atoms with Crippen LogP contribution in [0.3, 0.4) is 0 Å². The third-order valence-corrected chi connectivity index (χ3v) is 5.54. The molecule has 21 heavy (non-hydrogen) atoms. The summed E-state index contributed by atoms with van der Waals surface area (Å²) in [5, 5.41) is 0. The van der Waals surface area contributed by atoms with Crippen molar-refractivity contribution in [2.75, 3.05) is 11.4 Å². The molecular weight excluding hydrogens is 357 g/mol. The first kappa shape index (κ1) is 16.0. The van der Waals surface area contributed by atoms with Crippen molar-refractivity contribution in [3.8, 4) is 0 Å². The quantitative estimate of drug-likeness (QED) is 0.816. The molecule has 0 N–H and O–H groups in total. The smallest absolute Gasteiger partial charge is 0.264 e. The Bertz CT molecular complexity index is 770. The monoisotopic (exact) mass is 371 g/mol. The van der Waals surface area contributed by atoms with Crippen molar-refractivity contribution in [2.24, 2.45) is 0 Å². The summed E-state index contributed by atoms with van der Waals surface area (Å²) in [5.74, 6) is -0.607. The van der Waals surface area contributed by atoms with Gasteiger partial charge in [-0.2, -0.15) is 0 Å². The van der Waals surface area contributed by atoms with Crippen molar-refractivity contribution < 1.29 is 12.8 Å². The van der Waals surface area contributed by atoms with Crippen LogP contribution < -0.4 is 4.31 Å². The molecule has 0 heterocycles. The Labute approximate surface area is 132 Å². The molecule has 0 saturated heterocycles. The molecule has 3 nitrogen and oxygen atoms in total. The molecule has 2 rings (SSSR count). The Morgan fingerprint density at radius 2 is 1.62 bits per heavy atom. The number of benzene rings is 2. The minimum Gasteiger partial charge on any atom is -0.269 e. The zero-order valence-corrected chi connectivity index (χ0v) is 14.3. The molecule has 6 heteroatoms. The van der Waals surface area contributed by atoms with E-state index in [4.69, 9.17) is 0 Å². The molecule has 0 saturated carbocycles. The topological polar surface area (TPSA) is 37.4 Å². The zero-order chi connectivity index (χ0) is 15.8. The number of sulfonamides is 1. The lowest BCUT2D eigenvalue weighted by Crippen LogP contribution is -2.26. The van der Waals surface area contributed by atoms with E-state index in [2.05, 4.69) is 15.9 Å². The van der Waals surface area contributed by atoms with Gasteiger partial charge in [0, 0.05) is 7.05 Å². The molecule has 0 aromatic heterocycles. The normalized spacial score (nSPS) is 11.5. The van der Waals surface area contributed by atoms with E-state index < -0.39 is 15.8 Å². The zero-order valence-electron chi connectivity index (χ0n) is 11.9.